The summed E-state index contributed by atoms with van der Waals surface area (Å²) in [5.74, 6) is -0.931. The van der Waals surface area contributed by atoms with Gasteiger partial charge >= 0.3 is 12.1 Å². The SMILES string of the molecule is CCCC(CC)(C(=O)O)N(C(=O)OC(C)(C)C)C1CC1. The van der Waals surface area contributed by atoms with E-state index in [4.69, 9.17) is 4.74 Å². The van der Waals surface area contributed by atoms with Crippen molar-refractivity contribution in [3.05, 3.63) is 0 Å². The Morgan fingerprint density at radius 3 is 2.10 bits per heavy atom. The van der Waals surface area contributed by atoms with Crippen LogP contribution < -0.4 is 0 Å². The molecular formula is C15H27NO4. The molecule has 5 nitrogen and oxygen atoms in total. The van der Waals surface area contributed by atoms with Gasteiger partial charge < -0.3 is 9.84 Å². The van der Waals surface area contributed by atoms with E-state index in [1.807, 2.05) is 13.8 Å². The van der Waals surface area contributed by atoms with Crippen LogP contribution in [0.2, 0.25) is 0 Å². The van der Waals surface area contributed by atoms with Crippen molar-refractivity contribution >= 4 is 12.1 Å². The molecule has 0 aliphatic heterocycles. The molecule has 1 fully saturated rings. The van der Waals surface area contributed by atoms with Crippen LogP contribution in [0, 0.1) is 0 Å². The van der Waals surface area contributed by atoms with Crippen LogP contribution in [0.15, 0.2) is 0 Å². The van der Waals surface area contributed by atoms with Crippen molar-refractivity contribution in [1.29, 1.82) is 0 Å². The Bertz CT molecular complexity index is 371. The number of carboxylic acid groups (broad SMARTS) is 1. The van der Waals surface area contributed by atoms with Crippen LogP contribution in [0.5, 0.6) is 0 Å². The highest BCUT2D eigenvalue weighted by molar-refractivity contribution is 5.85. The molecule has 1 saturated carbocycles. The topological polar surface area (TPSA) is 66.8 Å². The van der Waals surface area contributed by atoms with Gasteiger partial charge in [-0.15, -0.1) is 0 Å². The molecule has 1 unspecified atom stereocenters. The second-order valence-electron chi connectivity index (χ2n) is 6.52. The summed E-state index contributed by atoms with van der Waals surface area (Å²) < 4.78 is 5.43. The van der Waals surface area contributed by atoms with E-state index < -0.39 is 23.2 Å². The summed E-state index contributed by atoms with van der Waals surface area (Å²) in [6.07, 6.45) is 2.78. The molecule has 1 rings (SSSR count). The summed E-state index contributed by atoms with van der Waals surface area (Å²) >= 11 is 0. The Morgan fingerprint density at radius 1 is 1.25 bits per heavy atom. The first-order valence-electron chi connectivity index (χ1n) is 7.43. The third-order valence-electron chi connectivity index (χ3n) is 3.61. The Labute approximate surface area is 121 Å². The fourth-order valence-corrected chi connectivity index (χ4v) is 2.56. The van der Waals surface area contributed by atoms with E-state index in [9.17, 15) is 14.7 Å². The summed E-state index contributed by atoms with van der Waals surface area (Å²) in [5.41, 5.74) is -1.76. The van der Waals surface area contributed by atoms with Gasteiger partial charge in [-0.3, -0.25) is 4.90 Å². The largest absolute Gasteiger partial charge is 0.479 e. The normalized spacial score (nSPS) is 18.2. The number of hydrogen-bond acceptors (Lipinski definition) is 3. The molecule has 5 heteroatoms. The van der Waals surface area contributed by atoms with E-state index in [1.54, 1.807) is 20.8 Å². The molecule has 1 aliphatic carbocycles. The number of nitrogens with zero attached hydrogens (tertiary/aromatic N) is 1. The molecule has 0 bridgehead atoms. The maximum absolute atomic E-state index is 12.5. The highest BCUT2D eigenvalue weighted by Gasteiger charge is 2.51. The summed E-state index contributed by atoms with van der Waals surface area (Å²) in [4.78, 5) is 25.8. The number of aliphatic carboxylic acids is 1. The maximum atomic E-state index is 12.5. The Kier molecular flexibility index (Phi) is 5.05. The second-order valence-corrected chi connectivity index (χ2v) is 6.52. The molecule has 0 heterocycles. The fourth-order valence-electron chi connectivity index (χ4n) is 2.56. The molecule has 0 aromatic rings. The van der Waals surface area contributed by atoms with Crippen LogP contribution >= 0.6 is 0 Å². The first kappa shape index (κ1) is 16.8. The summed E-state index contributed by atoms with van der Waals surface area (Å²) in [5, 5.41) is 9.70. The van der Waals surface area contributed by atoms with E-state index in [0.29, 0.717) is 19.3 Å². The molecular weight excluding hydrogens is 258 g/mol. The minimum atomic E-state index is -1.14. The van der Waals surface area contributed by atoms with Gasteiger partial charge in [0.15, 0.2) is 0 Å². The van der Waals surface area contributed by atoms with E-state index in [2.05, 4.69) is 0 Å². The smallest absolute Gasteiger partial charge is 0.411 e. The van der Waals surface area contributed by atoms with Gasteiger partial charge in [-0.25, -0.2) is 9.59 Å². The van der Waals surface area contributed by atoms with Gasteiger partial charge in [0, 0.05) is 6.04 Å². The van der Waals surface area contributed by atoms with Crippen molar-refractivity contribution in [3.8, 4) is 0 Å². The Balaban J connectivity index is 3.08. The molecule has 0 radical (unpaired) electrons. The van der Waals surface area contributed by atoms with Gasteiger partial charge in [0.05, 0.1) is 0 Å². The first-order valence-corrected chi connectivity index (χ1v) is 7.43. The van der Waals surface area contributed by atoms with Crippen LogP contribution in [0.25, 0.3) is 0 Å². The lowest BCUT2D eigenvalue weighted by atomic mass is 9.88. The molecule has 1 amide bonds. The van der Waals surface area contributed by atoms with Crippen LogP contribution in [-0.4, -0.2) is 39.3 Å². The van der Waals surface area contributed by atoms with Crippen molar-refractivity contribution in [3.63, 3.8) is 0 Å². The molecule has 0 aromatic heterocycles. The zero-order chi connectivity index (χ0) is 15.6. The van der Waals surface area contributed by atoms with Crippen molar-refractivity contribution < 1.29 is 19.4 Å². The van der Waals surface area contributed by atoms with Crippen LogP contribution in [-0.2, 0) is 9.53 Å². The van der Waals surface area contributed by atoms with Gasteiger partial charge in [0.25, 0.3) is 0 Å². The monoisotopic (exact) mass is 285 g/mol. The average molecular weight is 285 g/mol. The summed E-state index contributed by atoms with van der Waals surface area (Å²) in [6, 6.07) is 0.00690. The molecule has 20 heavy (non-hydrogen) atoms. The van der Waals surface area contributed by atoms with E-state index in [1.165, 1.54) is 4.90 Å². The lowest BCUT2D eigenvalue weighted by molar-refractivity contribution is -0.152. The van der Waals surface area contributed by atoms with E-state index in [0.717, 1.165) is 12.8 Å². The number of carbonyl (C=O) groups is 2. The van der Waals surface area contributed by atoms with Gasteiger partial charge in [-0.05, 0) is 46.5 Å². The zero-order valence-corrected chi connectivity index (χ0v) is 13.2. The Hall–Kier alpha value is -1.26. The fraction of sp³-hybridized carbons (Fsp3) is 0.867. The molecule has 1 aliphatic rings. The summed E-state index contributed by atoms with van der Waals surface area (Å²) in [6.45, 7) is 9.15. The van der Waals surface area contributed by atoms with E-state index >= 15 is 0 Å². The number of rotatable bonds is 6. The zero-order valence-electron chi connectivity index (χ0n) is 13.2. The predicted molar refractivity (Wildman–Crippen MR) is 76.7 cm³/mol. The molecule has 1 atom stereocenters. The van der Waals surface area contributed by atoms with Gasteiger partial charge in [0.1, 0.15) is 11.1 Å². The van der Waals surface area contributed by atoms with Crippen molar-refractivity contribution in [2.24, 2.45) is 0 Å². The molecule has 0 aromatic carbocycles. The molecule has 1 N–H and O–H groups in total. The quantitative estimate of drug-likeness (QED) is 0.812. The minimum Gasteiger partial charge on any atom is -0.479 e. The standard InChI is InChI=1S/C15H27NO4/c1-6-10-15(7-2,12(17)18)16(11-8-9-11)13(19)20-14(3,4)5/h11H,6-10H2,1-5H3,(H,17,18). The third-order valence-corrected chi connectivity index (χ3v) is 3.61. The molecule has 0 saturated heterocycles. The van der Waals surface area contributed by atoms with Gasteiger partial charge in [0.2, 0.25) is 0 Å². The van der Waals surface area contributed by atoms with Crippen LogP contribution in [0.1, 0.15) is 66.7 Å². The third kappa shape index (κ3) is 3.64. The number of carboxylic acids is 1. The highest BCUT2D eigenvalue weighted by Crippen LogP contribution is 2.38. The molecule has 116 valence electrons. The summed E-state index contributed by atoms with van der Waals surface area (Å²) in [7, 11) is 0. The predicted octanol–water partition coefficient (Wildman–Crippen LogP) is 3.42. The number of carbonyl (C=O) groups excluding carboxylic acids is 1. The maximum Gasteiger partial charge on any atom is 0.411 e. The molecule has 0 spiro atoms. The van der Waals surface area contributed by atoms with Crippen molar-refractivity contribution in [2.75, 3.05) is 0 Å². The van der Waals surface area contributed by atoms with Crippen molar-refractivity contribution in [1.82, 2.24) is 4.90 Å². The van der Waals surface area contributed by atoms with Crippen molar-refractivity contribution in [2.45, 2.75) is 83.9 Å². The lowest BCUT2D eigenvalue weighted by Crippen LogP contribution is -2.58. The number of hydrogen-bond donors (Lipinski definition) is 1. The van der Waals surface area contributed by atoms with Crippen LogP contribution in [0.4, 0.5) is 4.79 Å². The van der Waals surface area contributed by atoms with E-state index in [-0.39, 0.29) is 6.04 Å². The number of ether oxygens (including phenoxy) is 1. The second kappa shape index (κ2) is 6.02. The Morgan fingerprint density at radius 2 is 1.80 bits per heavy atom. The lowest BCUT2D eigenvalue weighted by Gasteiger charge is -2.41. The number of amides is 1. The van der Waals surface area contributed by atoms with Gasteiger partial charge in [-0.1, -0.05) is 20.3 Å². The van der Waals surface area contributed by atoms with Gasteiger partial charge in [-0.2, -0.15) is 0 Å². The highest BCUT2D eigenvalue weighted by atomic mass is 16.6. The van der Waals surface area contributed by atoms with Crippen LogP contribution in [0.3, 0.4) is 0 Å². The average Bonchev–Trinajstić information content (AvgIpc) is 3.09. The minimum absolute atomic E-state index is 0.00690. The first-order chi connectivity index (χ1) is 9.18.